The molecule has 0 heterocycles. The van der Waals surface area contributed by atoms with Crippen molar-refractivity contribution in [3.8, 4) is 0 Å². The first kappa shape index (κ1) is 22.6. The molecule has 3 aromatic carbocycles. The van der Waals surface area contributed by atoms with Gasteiger partial charge in [-0.25, -0.2) is 13.2 Å². The molecule has 1 amide bonds. The number of esters is 1. The van der Waals surface area contributed by atoms with Crippen molar-refractivity contribution in [2.24, 2.45) is 0 Å². The van der Waals surface area contributed by atoms with Gasteiger partial charge in [0.05, 0.1) is 29.1 Å². The number of halogens is 1. The maximum Gasteiger partial charge on any atom is 0.339 e. The highest BCUT2D eigenvalue weighted by atomic mass is 35.5. The normalized spacial score (nSPS) is 11.2. The number of carbonyl (C=O) groups excluding carboxylic acids is 2. The predicted octanol–water partition coefficient (Wildman–Crippen LogP) is 4.07. The molecule has 162 valence electrons. The summed E-state index contributed by atoms with van der Waals surface area (Å²) in [7, 11) is -3.76. The molecule has 0 aliphatic carbocycles. The van der Waals surface area contributed by atoms with Crippen LogP contribution in [0.1, 0.15) is 17.3 Å². The quantitative estimate of drug-likeness (QED) is 0.536. The Bertz CT molecular complexity index is 1240. The van der Waals surface area contributed by atoms with Gasteiger partial charge in [0.15, 0.2) is 0 Å². The lowest BCUT2D eigenvalue weighted by molar-refractivity contribution is -0.114. The summed E-state index contributed by atoms with van der Waals surface area (Å²) in [6.45, 7) is 1.41. The lowest BCUT2D eigenvalue weighted by Crippen LogP contribution is -2.37. The van der Waals surface area contributed by atoms with E-state index in [9.17, 15) is 18.0 Å². The van der Waals surface area contributed by atoms with Crippen molar-refractivity contribution < 1.29 is 22.7 Å². The number of ether oxygens (including phenoxy) is 1. The summed E-state index contributed by atoms with van der Waals surface area (Å²) < 4.78 is 31.0. The van der Waals surface area contributed by atoms with Crippen molar-refractivity contribution in [3.05, 3.63) is 71.2 Å². The summed E-state index contributed by atoms with van der Waals surface area (Å²) in [5.41, 5.74) is 0.804. The predicted molar refractivity (Wildman–Crippen MR) is 122 cm³/mol. The van der Waals surface area contributed by atoms with Gasteiger partial charge in [0.1, 0.15) is 6.54 Å². The number of hydrogen-bond acceptors (Lipinski definition) is 5. The summed E-state index contributed by atoms with van der Waals surface area (Å²) in [4.78, 5) is 24.7. The Labute approximate surface area is 185 Å². The third-order valence-electron chi connectivity index (χ3n) is 4.47. The van der Waals surface area contributed by atoms with E-state index in [1.807, 2.05) is 18.2 Å². The molecule has 0 aromatic heterocycles. The van der Waals surface area contributed by atoms with Gasteiger partial charge in [-0.3, -0.25) is 9.10 Å². The molecule has 7 nitrogen and oxygen atoms in total. The Morgan fingerprint density at radius 3 is 2.48 bits per heavy atom. The van der Waals surface area contributed by atoms with Gasteiger partial charge in [0.25, 0.3) is 0 Å². The van der Waals surface area contributed by atoms with E-state index in [-0.39, 0.29) is 17.2 Å². The minimum Gasteiger partial charge on any atom is -0.462 e. The van der Waals surface area contributed by atoms with E-state index in [0.717, 1.165) is 15.9 Å². The number of sulfonamides is 1. The first-order chi connectivity index (χ1) is 14.7. The fourth-order valence-corrected chi connectivity index (χ4v) is 4.17. The largest absolute Gasteiger partial charge is 0.462 e. The van der Waals surface area contributed by atoms with Gasteiger partial charge in [0.2, 0.25) is 15.9 Å². The Kier molecular flexibility index (Phi) is 6.82. The van der Waals surface area contributed by atoms with E-state index >= 15 is 0 Å². The molecule has 0 saturated heterocycles. The number of amides is 1. The number of fused-ring (bicyclic) bond motifs is 1. The minimum absolute atomic E-state index is 0.107. The van der Waals surface area contributed by atoms with Crippen LogP contribution in [-0.2, 0) is 19.6 Å². The van der Waals surface area contributed by atoms with E-state index < -0.39 is 28.4 Å². The molecule has 0 spiro atoms. The Morgan fingerprint density at radius 1 is 1.06 bits per heavy atom. The van der Waals surface area contributed by atoms with Crippen LogP contribution >= 0.6 is 11.6 Å². The van der Waals surface area contributed by atoms with E-state index in [4.69, 9.17) is 16.3 Å². The van der Waals surface area contributed by atoms with Gasteiger partial charge in [-0.05, 0) is 36.6 Å². The third kappa shape index (κ3) is 5.34. The number of anilines is 2. The van der Waals surface area contributed by atoms with Crippen molar-refractivity contribution in [3.63, 3.8) is 0 Å². The van der Waals surface area contributed by atoms with Gasteiger partial charge >= 0.3 is 5.97 Å². The molecule has 31 heavy (non-hydrogen) atoms. The molecule has 0 aliphatic heterocycles. The number of rotatable bonds is 7. The molecule has 3 rings (SSSR count). The molecule has 0 aliphatic rings. The zero-order valence-electron chi connectivity index (χ0n) is 17.0. The molecular weight excluding hydrogens is 440 g/mol. The summed E-state index contributed by atoms with van der Waals surface area (Å²) in [6, 6.07) is 16.9. The van der Waals surface area contributed by atoms with Crippen LogP contribution in [-0.4, -0.2) is 39.7 Å². The molecule has 0 unspecified atom stereocenters. The maximum absolute atomic E-state index is 12.7. The van der Waals surface area contributed by atoms with Gasteiger partial charge in [-0.2, -0.15) is 0 Å². The molecule has 0 bridgehead atoms. The summed E-state index contributed by atoms with van der Waals surface area (Å²) >= 11 is 6.04. The molecule has 9 heteroatoms. The smallest absolute Gasteiger partial charge is 0.339 e. The minimum atomic E-state index is -3.76. The average molecular weight is 461 g/mol. The van der Waals surface area contributed by atoms with Crippen LogP contribution in [0.4, 0.5) is 11.4 Å². The average Bonchev–Trinajstić information content (AvgIpc) is 2.72. The summed E-state index contributed by atoms with van der Waals surface area (Å²) in [5, 5.41) is 4.36. The lowest BCUT2D eigenvalue weighted by atomic mass is 10.1. The first-order valence-electron chi connectivity index (χ1n) is 9.42. The van der Waals surface area contributed by atoms with Crippen LogP contribution in [0.3, 0.4) is 0 Å². The molecule has 0 radical (unpaired) electrons. The monoisotopic (exact) mass is 460 g/mol. The lowest BCUT2D eigenvalue weighted by Gasteiger charge is -2.23. The third-order valence-corrected chi connectivity index (χ3v) is 5.92. The number of carbonyl (C=O) groups is 2. The van der Waals surface area contributed by atoms with Crippen LogP contribution in [0.15, 0.2) is 60.7 Å². The first-order valence-corrected chi connectivity index (χ1v) is 11.7. The number of nitrogens with one attached hydrogen (secondary N) is 1. The van der Waals surface area contributed by atoms with Crippen LogP contribution in [0, 0.1) is 0 Å². The van der Waals surface area contributed by atoms with E-state index in [0.29, 0.717) is 16.8 Å². The Hall–Kier alpha value is -3.10. The van der Waals surface area contributed by atoms with Crippen molar-refractivity contribution in [2.45, 2.75) is 6.92 Å². The summed E-state index contributed by atoms with van der Waals surface area (Å²) in [5.74, 6) is -1.19. The second-order valence-corrected chi connectivity index (χ2v) is 9.05. The number of nitrogens with zero attached hydrogens (tertiary/aromatic N) is 1. The SMILES string of the molecule is CCOC(=O)c1cc(NC(=O)CN(c2cccc3ccccc23)S(C)(=O)=O)ccc1Cl. The van der Waals surface area contributed by atoms with Gasteiger partial charge in [-0.15, -0.1) is 0 Å². The highest BCUT2D eigenvalue weighted by molar-refractivity contribution is 7.92. The molecule has 0 atom stereocenters. The van der Waals surface area contributed by atoms with Crippen molar-refractivity contribution >= 4 is 55.6 Å². The van der Waals surface area contributed by atoms with Crippen molar-refractivity contribution in [1.82, 2.24) is 0 Å². The van der Waals surface area contributed by atoms with Crippen LogP contribution in [0.5, 0.6) is 0 Å². The van der Waals surface area contributed by atoms with Crippen LogP contribution in [0.2, 0.25) is 5.02 Å². The Balaban J connectivity index is 1.88. The summed E-state index contributed by atoms with van der Waals surface area (Å²) in [6.07, 6.45) is 1.04. The van der Waals surface area contributed by atoms with Crippen LogP contribution < -0.4 is 9.62 Å². The molecule has 0 saturated carbocycles. The van der Waals surface area contributed by atoms with Crippen molar-refractivity contribution in [2.75, 3.05) is 29.0 Å². The van der Waals surface area contributed by atoms with Crippen molar-refractivity contribution in [1.29, 1.82) is 0 Å². The molecule has 1 N–H and O–H groups in total. The molecule has 3 aromatic rings. The second-order valence-electron chi connectivity index (χ2n) is 6.73. The topological polar surface area (TPSA) is 92.8 Å². The highest BCUT2D eigenvalue weighted by Crippen LogP contribution is 2.28. The number of hydrogen-bond donors (Lipinski definition) is 1. The second kappa shape index (κ2) is 9.36. The van der Waals surface area contributed by atoms with Gasteiger partial charge in [0, 0.05) is 11.1 Å². The number of benzene rings is 3. The van der Waals surface area contributed by atoms with E-state index in [1.165, 1.54) is 18.2 Å². The zero-order chi connectivity index (χ0) is 22.6. The standard InChI is InChI=1S/C22H21ClN2O5S/c1-3-30-22(27)18-13-16(11-12-19(18)23)24-21(26)14-25(31(2,28)29)20-10-6-8-15-7-4-5-9-17(15)20/h4-13H,3,14H2,1-2H3,(H,24,26). The van der Waals surface area contributed by atoms with Gasteiger partial charge < -0.3 is 10.1 Å². The fraction of sp³-hybridized carbons (Fsp3) is 0.182. The fourth-order valence-electron chi connectivity index (χ4n) is 3.11. The highest BCUT2D eigenvalue weighted by Gasteiger charge is 2.23. The maximum atomic E-state index is 12.7. The van der Waals surface area contributed by atoms with E-state index in [2.05, 4.69) is 5.32 Å². The van der Waals surface area contributed by atoms with E-state index in [1.54, 1.807) is 31.2 Å². The Morgan fingerprint density at radius 2 is 1.77 bits per heavy atom. The molecule has 0 fully saturated rings. The zero-order valence-corrected chi connectivity index (χ0v) is 18.5. The van der Waals surface area contributed by atoms with Crippen LogP contribution in [0.25, 0.3) is 10.8 Å². The van der Waals surface area contributed by atoms with Gasteiger partial charge in [-0.1, -0.05) is 48.0 Å². The molecular formula is C22H21ClN2O5S.